The van der Waals surface area contributed by atoms with Gasteiger partial charge in [0.05, 0.1) is 91.4 Å². The maximum atomic E-state index is 11.5. The highest BCUT2D eigenvalue weighted by molar-refractivity contribution is 7.86. The SMILES string of the molecule is C[N+](C)(CCCS(=O)(=O)O)CC[N+](C)(CCCS(=O)(=O)O)CC[N+](C)(CCC[Si]12OCCN(CCO1)CCO2)CCCS(=O)(=O)O. The molecule has 20 heteroatoms. The van der Waals surface area contributed by atoms with E-state index in [1.165, 1.54) is 0 Å². The molecule has 46 heavy (non-hydrogen) atoms. The summed E-state index contributed by atoms with van der Waals surface area (Å²) in [5.41, 5.74) is 0. The summed E-state index contributed by atoms with van der Waals surface area (Å²) in [7, 11) is -7.14. The number of fused-ring (bicyclic) bond motifs is 6. The van der Waals surface area contributed by atoms with Crippen LogP contribution in [0, 0.1) is 0 Å². The van der Waals surface area contributed by atoms with E-state index in [1.807, 2.05) is 21.1 Å². The van der Waals surface area contributed by atoms with E-state index in [9.17, 15) is 34.4 Å². The van der Waals surface area contributed by atoms with Gasteiger partial charge in [-0.15, -0.1) is 0 Å². The van der Waals surface area contributed by atoms with Crippen LogP contribution in [0.25, 0.3) is 0 Å². The van der Waals surface area contributed by atoms with Crippen molar-refractivity contribution in [1.29, 1.82) is 0 Å². The normalized spacial score (nSPS) is 24.5. The van der Waals surface area contributed by atoms with Gasteiger partial charge in [-0.05, 0) is 0 Å². The third kappa shape index (κ3) is 17.9. The first-order chi connectivity index (χ1) is 21.0. The van der Waals surface area contributed by atoms with Crippen molar-refractivity contribution in [3.05, 3.63) is 0 Å². The number of hydrogen-bond acceptors (Lipinski definition) is 10. The van der Waals surface area contributed by atoms with Crippen LogP contribution in [0.1, 0.15) is 25.7 Å². The summed E-state index contributed by atoms with van der Waals surface area (Å²) in [6.07, 6.45) is 1.53. The van der Waals surface area contributed by atoms with Crippen LogP contribution in [0.3, 0.4) is 0 Å². The molecule has 3 rings (SSSR count). The van der Waals surface area contributed by atoms with Gasteiger partial charge in [0.1, 0.15) is 26.2 Å². The molecule has 3 fully saturated rings. The minimum absolute atomic E-state index is 0.246. The van der Waals surface area contributed by atoms with Crippen molar-refractivity contribution in [2.45, 2.75) is 31.7 Å². The third-order valence-corrected chi connectivity index (χ3v) is 14.5. The Kier molecular flexibility index (Phi) is 16.0. The number of likely N-dealkylation sites (N-methyl/N-ethyl adjacent to an activating group) is 3. The molecule has 0 aromatic heterocycles. The fraction of sp³-hybridized carbons (Fsp3) is 1.00. The molecule has 3 aliphatic rings. The highest BCUT2D eigenvalue weighted by atomic mass is 32.2. The largest absolute Gasteiger partial charge is 0.501 e. The van der Waals surface area contributed by atoms with Gasteiger partial charge < -0.3 is 26.7 Å². The molecule has 274 valence electrons. The first-order valence-electron chi connectivity index (χ1n) is 16.0. The standard InChI is InChI=1S/C26H56N4O12S3Si/c1-28(2,12-5-23-43(31,32)33)16-17-30(4,14-7-25-45(37,38)39)19-18-29(3,13-6-24-44(34,35)36)15-8-26-46-40-20-9-27(10-21-41-46)11-22-42-46/h5-26H2,1-4H3/p+3. The minimum atomic E-state index is -4.13. The predicted molar refractivity (Wildman–Crippen MR) is 176 cm³/mol. The highest BCUT2D eigenvalue weighted by Gasteiger charge is 2.44. The molecule has 0 aromatic carbocycles. The van der Waals surface area contributed by atoms with Crippen LogP contribution < -0.4 is 0 Å². The molecule has 3 saturated heterocycles. The Labute approximate surface area is 277 Å². The van der Waals surface area contributed by atoms with E-state index in [-0.39, 0.29) is 30.1 Å². The molecule has 2 unspecified atom stereocenters. The topological polar surface area (TPSA) is 194 Å². The molecule has 0 radical (unpaired) electrons. The second kappa shape index (κ2) is 17.5. The molecule has 3 aliphatic heterocycles. The summed E-state index contributed by atoms with van der Waals surface area (Å²) < 4.78 is 116. The summed E-state index contributed by atoms with van der Waals surface area (Å²) in [5.74, 6) is -1.03. The molecule has 16 nitrogen and oxygen atoms in total. The summed E-state index contributed by atoms with van der Waals surface area (Å²) in [6.45, 7) is 8.90. The van der Waals surface area contributed by atoms with Crippen LogP contribution in [0.5, 0.6) is 0 Å². The van der Waals surface area contributed by atoms with E-state index >= 15 is 0 Å². The maximum absolute atomic E-state index is 11.5. The molecule has 3 heterocycles. The summed E-state index contributed by atoms with van der Waals surface area (Å²) >= 11 is 0. The molecule has 0 spiro atoms. The lowest BCUT2D eigenvalue weighted by molar-refractivity contribution is -0.981. The fourth-order valence-corrected chi connectivity index (χ4v) is 10.0. The lowest BCUT2D eigenvalue weighted by Crippen LogP contribution is -2.59. The van der Waals surface area contributed by atoms with Gasteiger partial charge in [-0.2, -0.15) is 25.3 Å². The average molecular weight is 744 g/mol. The van der Waals surface area contributed by atoms with Gasteiger partial charge >= 0.3 is 8.80 Å². The third-order valence-electron chi connectivity index (χ3n) is 9.16. The van der Waals surface area contributed by atoms with Crippen molar-refractivity contribution in [2.24, 2.45) is 0 Å². The summed E-state index contributed by atoms with van der Waals surface area (Å²) in [4.78, 5) is 2.26. The van der Waals surface area contributed by atoms with Crippen LogP contribution in [0.15, 0.2) is 0 Å². The zero-order valence-corrected chi connectivity index (χ0v) is 31.5. The molecule has 0 aliphatic carbocycles. The van der Waals surface area contributed by atoms with Crippen molar-refractivity contribution >= 4 is 39.2 Å². The Bertz CT molecular complexity index is 1250. The fourth-order valence-electron chi connectivity index (χ4n) is 6.05. The molecular weight excluding hydrogens is 685 g/mol. The first-order valence-corrected chi connectivity index (χ1v) is 22.8. The second-order valence-corrected chi connectivity index (χ2v) is 21.5. The number of nitrogens with zero attached hydrogens (tertiary/aromatic N) is 4. The van der Waals surface area contributed by atoms with Gasteiger partial charge in [-0.1, -0.05) is 0 Å². The maximum Gasteiger partial charge on any atom is 0.501 e. The van der Waals surface area contributed by atoms with E-state index in [1.54, 1.807) is 0 Å². The lowest BCUT2D eigenvalue weighted by Gasteiger charge is -2.42. The van der Waals surface area contributed by atoms with Crippen molar-refractivity contribution < 1.29 is 65.6 Å². The van der Waals surface area contributed by atoms with E-state index in [0.29, 0.717) is 98.1 Å². The number of quaternary nitrogens is 3. The van der Waals surface area contributed by atoms with E-state index < -0.39 is 39.2 Å². The second-order valence-electron chi connectivity index (χ2n) is 14.1. The van der Waals surface area contributed by atoms with Gasteiger partial charge in [0.25, 0.3) is 30.4 Å². The van der Waals surface area contributed by atoms with Crippen molar-refractivity contribution in [3.8, 4) is 0 Å². The van der Waals surface area contributed by atoms with Gasteiger partial charge in [0, 0.05) is 51.4 Å². The van der Waals surface area contributed by atoms with Crippen LogP contribution >= 0.6 is 0 Å². The van der Waals surface area contributed by atoms with Crippen LogP contribution in [-0.4, -0.2) is 203 Å². The quantitative estimate of drug-likeness (QED) is 0.0731. The van der Waals surface area contributed by atoms with Crippen LogP contribution in [0.2, 0.25) is 6.04 Å². The molecule has 3 N–H and O–H groups in total. The Hall–Kier alpha value is -0.333. The highest BCUT2D eigenvalue weighted by Crippen LogP contribution is 2.23. The predicted octanol–water partition coefficient (Wildman–Crippen LogP) is -0.502. The number of hydrogen-bond donors (Lipinski definition) is 3. The zero-order valence-electron chi connectivity index (χ0n) is 28.1. The molecule has 0 aromatic rings. The Morgan fingerprint density at radius 1 is 0.543 bits per heavy atom. The van der Waals surface area contributed by atoms with Gasteiger partial charge in [-0.25, -0.2) is 0 Å². The van der Waals surface area contributed by atoms with E-state index in [0.717, 1.165) is 26.1 Å². The summed E-state index contributed by atoms with van der Waals surface area (Å²) in [5, 5.41) is 0. The van der Waals surface area contributed by atoms with Crippen molar-refractivity contribution in [2.75, 3.05) is 137 Å². The zero-order chi connectivity index (χ0) is 34.8. The van der Waals surface area contributed by atoms with Crippen LogP contribution in [0.4, 0.5) is 0 Å². The molecule has 0 amide bonds. The smallest absolute Gasteiger partial charge is 0.372 e. The Balaban J connectivity index is 2.14. The van der Waals surface area contributed by atoms with Gasteiger partial charge in [-0.3, -0.25) is 18.6 Å². The molecule has 0 saturated carbocycles. The van der Waals surface area contributed by atoms with E-state index in [4.69, 9.17) is 17.8 Å². The van der Waals surface area contributed by atoms with E-state index in [2.05, 4.69) is 11.9 Å². The summed E-state index contributed by atoms with van der Waals surface area (Å²) in [6, 6.07) is 0.634. The first kappa shape index (κ1) is 41.8. The van der Waals surface area contributed by atoms with Gasteiger partial charge in [0.15, 0.2) is 0 Å². The molecule has 2 bridgehead atoms. The Morgan fingerprint density at radius 3 is 1.30 bits per heavy atom. The van der Waals surface area contributed by atoms with Gasteiger partial charge in [0.2, 0.25) is 0 Å². The van der Waals surface area contributed by atoms with Crippen molar-refractivity contribution in [3.63, 3.8) is 0 Å². The lowest BCUT2D eigenvalue weighted by atomic mass is 10.2. The monoisotopic (exact) mass is 743 g/mol. The molecule has 2 atom stereocenters. The minimum Gasteiger partial charge on any atom is -0.372 e. The van der Waals surface area contributed by atoms with Crippen molar-refractivity contribution in [1.82, 2.24) is 4.90 Å². The van der Waals surface area contributed by atoms with Crippen LogP contribution in [-0.2, 0) is 43.6 Å². The Morgan fingerprint density at radius 2 is 0.891 bits per heavy atom. The molecular formula is C26H59N4O12S3Si+3. The number of rotatable bonds is 22. The average Bonchev–Trinajstić information content (AvgIpc) is 2.85.